The van der Waals surface area contributed by atoms with Gasteiger partial charge >= 0.3 is 0 Å². The first-order valence-electron chi connectivity index (χ1n) is 7.83. The summed E-state index contributed by atoms with van der Waals surface area (Å²) in [6.45, 7) is 3.91. The van der Waals surface area contributed by atoms with E-state index in [1.807, 2.05) is 37.4 Å². The van der Waals surface area contributed by atoms with Crippen LogP contribution >= 0.6 is 22.7 Å². The Bertz CT molecular complexity index is 1190. The third-order valence-corrected chi connectivity index (χ3v) is 5.59. The number of hydrogen-bond acceptors (Lipinski definition) is 6. The molecule has 0 fully saturated rings. The maximum atomic E-state index is 12.6. The number of thiophene rings is 1. The Morgan fingerprint density at radius 3 is 2.81 bits per heavy atom. The molecule has 4 heterocycles. The minimum absolute atomic E-state index is 0.0168. The van der Waals surface area contributed by atoms with Crippen LogP contribution in [0.15, 0.2) is 46.8 Å². The topological polar surface area (TPSA) is 76.4 Å². The summed E-state index contributed by atoms with van der Waals surface area (Å²) in [6, 6.07) is 7.64. The highest BCUT2D eigenvalue weighted by Gasteiger charge is 2.16. The van der Waals surface area contributed by atoms with Crippen LogP contribution in [0, 0.1) is 13.8 Å². The summed E-state index contributed by atoms with van der Waals surface area (Å²) in [5.41, 5.74) is 1.81. The zero-order valence-corrected chi connectivity index (χ0v) is 15.6. The van der Waals surface area contributed by atoms with E-state index in [0.29, 0.717) is 10.8 Å². The molecule has 0 aliphatic carbocycles. The third-order valence-electron chi connectivity index (χ3n) is 3.81. The van der Waals surface area contributed by atoms with Gasteiger partial charge in [0.1, 0.15) is 11.2 Å². The quantitative estimate of drug-likeness (QED) is 0.585. The molecule has 4 aromatic rings. The van der Waals surface area contributed by atoms with E-state index in [1.54, 1.807) is 23.6 Å². The molecule has 26 heavy (non-hydrogen) atoms. The van der Waals surface area contributed by atoms with Gasteiger partial charge in [0.2, 0.25) is 0 Å². The molecule has 6 nitrogen and oxygen atoms in total. The van der Waals surface area contributed by atoms with Gasteiger partial charge < -0.3 is 0 Å². The summed E-state index contributed by atoms with van der Waals surface area (Å²) in [4.78, 5) is 36.0. The van der Waals surface area contributed by atoms with Crippen LogP contribution in [0.1, 0.15) is 20.8 Å². The van der Waals surface area contributed by atoms with Crippen LogP contribution in [-0.2, 0) is 0 Å². The lowest BCUT2D eigenvalue weighted by atomic mass is 10.3. The normalized spacial score (nSPS) is 11.0. The molecule has 0 spiro atoms. The predicted molar refractivity (Wildman–Crippen MR) is 104 cm³/mol. The van der Waals surface area contributed by atoms with Crippen LogP contribution in [-0.4, -0.2) is 20.3 Å². The molecule has 0 atom stereocenters. The second-order valence-electron chi connectivity index (χ2n) is 5.81. The van der Waals surface area contributed by atoms with Crippen molar-refractivity contribution in [3.8, 4) is 10.6 Å². The lowest BCUT2D eigenvalue weighted by molar-refractivity contribution is 0.102. The lowest BCUT2D eigenvalue weighted by Gasteiger charge is -2.05. The minimum Gasteiger partial charge on any atom is -0.298 e. The standard InChI is InChI=1S/C18H14N4O2S2/c1-10-3-6-15-19-7-12(17(24)22(15)8-10)16(23)21-18-20-13(9-25-18)14-5-4-11(2)26-14/h3-9H,1-2H3,(H,20,21,23). The number of fused-ring (bicyclic) bond motifs is 1. The number of aryl methyl sites for hydroxylation is 2. The van der Waals surface area contributed by atoms with Gasteiger partial charge in [0, 0.05) is 22.7 Å². The van der Waals surface area contributed by atoms with Crippen LogP contribution in [0.25, 0.3) is 16.2 Å². The van der Waals surface area contributed by atoms with Crippen LogP contribution < -0.4 is 10.9 Å². The van der Waals surface area contributed by atoms with Crippen molar-refractivity contribution < 1.29 is 4.79 Å². The molecule has 0 radical (unpaired) electrons. The van der Waals surface area contributed by atoms with Gasteiger partial charge in [-0.1, -0.05) is 6.07 Å². The Morgan fingerprint density at radius 1 is 1.19 bits per heavy atom. The highest BCUT2D eigenvalue weighted by molar-refractivity contribution is 7.17. The van der Waals surface area contributed by atoms with Gasteiger partial charge in [-0.3, -0.25) is 19.3 Å². The summed E-state index contributed by atoms with van der Waals surface area (Å²) in [7, 11) is 0. The SMILES string of the molecule is Cc1ccc2ncc(C(=O)Nc3nc(-c4ccc(C)s4)cs3)c(=O)n2c1. The summed E-state index contributed by atoms with van der Waals surface area (Å²) in [5.74, 6) is -0.512. The highest BCUT2D eigenvalue weighted by atomic mass is 32.1. The van der Waals surface area contributed by atoms with Crippen molar-refractivity contribution >= 4 is 39.4 Å². The van der Waals surface area contributed by atoms with Crippen molar-refractivity contribution in [3.63, 3.8) is 0 Å². The van der Waals surface area contributed by atoms with Gasteiger partial charge in [-0.25, -0.2) is 9.97 Å². The second kappa shape index (κ2) is 6.47. The number of nitrogens with one attached hydrogen (secondary N) is 1. The molecule has 130 valence electrons. The van der Waals surface area contributed by atoms with E-state index < -0.39 is 11.5 Å². The Labute approximate surface area is 156 Å². The zero-order chi connectivity index (χ0) is 18.3. The van der Waals surface area contributed by atoms with Crippen LogP contribution in [0.2, 0.25) is 0 Å². The van der Waals surface area contributed by atoms with Crippen molar-refractivity contribution in [2.45, 2.75) is 13.8 Å². The average molecular weight is 382 g/mol. The van der Waals surface area contributed by atoms with Crippen LogP contribution in [0.4, 0.5) is 5.13 Å². The number of aromatic nitrogens is 3. The van der Waals surface area contributed by atoms with E-state index >= 15 is 0 Å². The van der Waals surface area contributed by atoms with Crippen LogP contribution in [0.5, 0.6) is 0 Å². The maximum Gasteiger partial charge on any atom is 0.270 e. The minimum atomic E-state index is -0.512. The molecule has 0 unspecified atom stereocenters. The monoisotopic (exact) mass is 382 g/mol. The lowest BCUT2D eigenvalue weighted by Crippen LogP contribution is -2.26. The molecule has 1 N–H and O–H groups in total. The van der Waals surface area contributed by atoms with E-state index in [1.165, 1.54) is 26.8 Å². The van der Waals surface area contributed by atoms with Crippen molar-refractivity contribution in [1.29, 1.82) is 0 Å². The van der Waals surface area contributed by atoms with E-state index in [2.05, 4.69) is 15.3 Å². The van der Waals surface area contributed by atoms with Gasteiger partial charge in [0.15, 0.2) is 5.13 Å². The number of carbonyl (C=O) groups excluding carboxylic acids is 1. The Hall–Kier alpha value is -2.84. The highest BCUT2D eigenvalue weighted by Crippen LogP contribution is 2.30. The predicted octanol–water partition coefficient (Wildman–Crippen LogP) is 3.75. The van der Waals surface area contributed by atoms with Gasteiger partial charge in [-0.15, -0.1) is 22.7 Å². The van der Waals surface area contributed by atoms with E-state index in [9.17, 15) is 9.59 Å². The average Bonchev–Trinajstić information content (AvgIpc) is 3.24. The van der Waals surface area contributed by atoms with Gasteiger partial charge in [0.25, 0.3) is 11.5 Å². The first kappa shape index (κ1) is 16.6. The fourth-order valence-corrected chi connectivity index (χ4v) is 4.13. The van der Waals surface area contributed by atoms with Crippen molar-refractivity contribution in [2.24, 2.45) is 0 Å². The van der Waals surface area contributed by atoms with Crippen molar-refractivity contribution in [2.75, 3.05) is 5.32 Å². The maximum absolute atomic E-state index is 12.6. The molecule has 0 bridgehead atoms. The summed E-state index contributed by atoms with van der Waals surface area (Å²) >= 11 is 2.97. The molecular weight excluding hydrogens is 368 g/mol. The number of amides is 1. The molecule has 8 heteroatoms. The molecule has 4 aromatic heterocycles. The number of anilines is 1. The Kier molecular flexibility index (Phi) is 4.14. The molecule has 4 rings (SSSR count). The van der Waals surface area contributed by atoms with Gasteiger partial charge in [-0.2, -0.15) is 0 Å². The first-order chi connectivity index (χ1) is 12.5. The molecule has 0 aliphatic heterocycles. The van der Waals surface area contributed by atoms with E-state index in [-0.39, 0.29) is 5.56 Å². The molecule has 0 saturated heterocycles. The largest absolute Gasteiger partial charge is 0.298 e. The molecule has 0 saturated carbocycles. The number of hydrogen-bond donors (Lipinski definition) is 1. The molecule has 0 aromatic carbocycles. The number of pyridine rings is 1. The molecule has 0 aliphatic rings. The Morgan fingerprint density at radius 2 is 2.04 bits per heavy atom. The summed E-state index contributed by atoms with van der Waals surface area (Å²) in [6.07, 6.45) is 2.97. The number of rotatable bonds is 3. The number of carbonyl (C=O) groups is 1. The number of nitrogens with zero attached hydrogens (tertiary/aromatic N) is 3. The van der Waals surface area contributed by atoms with Gasteiger partial charge in [0.05, 0.1) is 10.6 Å². The second-order valence-corrected chi connectivity index (χ2v) is 7.96. The molecular formula is C18H14N4O2S2. The third kappa shape index (κ3) is 3.04. The van der Waals surface area contributed by atoms with Crippen LogP contribution in [0.3, 0.4) is 0 Å². The summed E-state index contributed by atoms with van der Waals surface area (Å²) < 4.78 is 1.38. The fraction of sp³-hybridized carbons (Fsp3) is 0.111. The van der Waals surface area contributed by atoms with Gasteiger partial charge in [-0.05, 0) is 37.6 Å². The zero-order valence-electron chi connectivity index (χ0n) is 14.0. The molecule has 1 amide bonds. The van der Waals surface area contributed by atoms with Crippen molar-refractivity contribution in [3.05, 3.63) is 68.4 Å². The summed E-state index contributed by atoms with van der Waals surface area (Å²) in [5, 5.41) is 5.03. The van der Waals surface area contributed by atoms with E-state index in [0.717, 1.165) is 16.1 Å². The fourth-order valence-electron chi connectivity index (χ4n) is 2.52. The Balaban J connectivity index is 1.63. The number of thiazole rings is 1. The first-order valence-corrected chi connectivity index (χ1v) is 9.52. The van der Waals surface area contributed by atoms with Crippen molar-refractivity contribution in [1.82, 2.24) is 14.4 Å². The van der Waals surface area contributed by atoms with E-state index in [4.69, 9.17) is 0 Å². The smallest absolute Gasteiger partial charge is 0.270 e.